The standard InChI is InChI=1S/C10H15ClN4/c1-3-6-4-7(6)15-10-8(12-2)9(11)13-5-14-10/h5-7,12H,3-4H2,1-2H3,(H,13,14,15). The predicted molar refractivity (Wildman–Crippen MR) is 62.4 cm³/mol. The molecule has 1 aliphatic rings. The fraction of sp³-hybridized carbons (Fsp3) is 0.600. The van der Waals surface area contributed by atoms with Crippen molar-refractivity contribution < 1.29 is 0 Å². The first-order chi connectivity index (χ1) is 7.26. The maximum Gasteiger partial charge on any atom is 0.157 e. The van der Waals surface area contributed by atoms with Crippen molar-refractivity contribution in [2.75, 3.05) is 17.7 Å². The minimum Gasteiger partial charge on any atom is -0.383 e. The fourth-order valence-corrected chi connectivity index (χ4v) is 1.97. The van der Waals surface area contributed by atoms with Crippen molar-refractivity contribution >= 4 is 23.1 Å². The number of hydrogen-bond acceptors (Lipinski definition) is 4. The maximum absolute atomic E-state index is 5.95. The summed E-state index contributed by atoms with van der Waals surface area (Å²) in [4.78, 5) is 8.12. The third kappa shape index (κ3) is 2.15. The van der Waals surface area contributed by atoms with Gasteiger partial charge in [0.25, 0.3) is 0 Å². The summed E-state index contributed by atoms with van der Waals surface area (Å²) in [7, 11) is 1.82. The average molecular weight is 227 g/mol. The third-order valence-corrected chi connectivity index (χ3v) is 3.11. The minimum atomic E-state index is 0.462. The molecule has 1 aliphatic carbocycles. The van der Waals surface area contributed by atoms with Gasteiger partial charge in [0.1, 0.15) is 12.0 Å². The second kappa shape index (κ2) is 4.23. The number of halogens is 1. The summed E-state index contributed by atoms with van der Waals surface area (Å²) >= 11 is 5.95. The van der Waals surface area contributed by atoms with Gasteiger partial charge in [-0.15, -0.1) is 0 Å². The van der Waals surface area contributed by atoms with E-state index in [0.29, 0.717) is 11.2 Å². The number of anilines is 2. The fourth-order valence-electron chi connectivity index (χ4n) is 1.75. The van der Waals surface area contributed by atoms with Crippen LogP contribution >= 0.6 is 11.6 Å². The Kier molecular flexibility index (Phi) is 2.95. The number of nitrogens with zero attached hydrogens (tertiary/aromatic N) is 2. The molecule has 1 aromatic heterocycles. The number of aromatic nitrogens is 2. The zero-order valence-corrected chi connectivity index (χ0v) is 9.67. The van der Waals surface area contributed by atoms with Gasteiger partial charge in [-0.25, -0.2) is 9.97 Å². The molecule has 0 saturated heterocycles. The molecule has 1 fully saturated rings. The summed E-state index contributed by atoms with van der Waals surface area (Å²) in [5.41, 5.74) is 0.779. The Hall–Kier alpha value is -1.03. The molecule has 0 radical (unpaired) electrons. The van der Waals surface area contributed by atoms with E-state index >= 15 is 0 Å². The smallest absolute Gasteiger partial charge is 0.157 e. The van der Waals surface area contributed by atoms with Gasteiger partial charge in [-0.1, -0.05) is 24.9 Å². The van der Waals surface area contributed by atoms with Crippen LogP contribution in [0.5, 0.6) is 0 Å². The van der Waals surface area contributed by atoms with Crippen molar-refractivity contribution in [2.24, 2.45) is 5.92 Å². The van der Waals surface area contributed by atoms with Gasteiger partial charge in [0.2, 0.25) is 0 Å². The molecule has 0 aromatic carbocycles. The van der Waals surface area contributed by atoms with E-state index in [1.165, 1.54) is 19.2 Å². The summed E-state index contributed by atoms with van der Waals surface area (Å²) < 4.78 is 0. The lowest BCUT2D eigenvalue weighted by molar-refractivity contribution is 0.773. The molecule has 2 N–H and O–H groups in total. The second-order valence-electron chi connectivity index (χ2n) is 3.79. The van der Waals surface area contributed by atoms with Crippen LogP contribution in [-0.2, 0) is 0 Å². The van der Waals surface area contributed by atoms with E-state index in [9.17, 15) is 0 Å². The van der Waals surface area contributed by atoms with Crippen LogP contribution in [0.2, 0.25) is 5.15 Å². The van der Waals surface area contributed by atoms with Gasteiger partial charge >= 0.3 is 0 Å². The molecular formula is C10H15ClN4. The van der Waals surface area contributed by atoms with Crippen LogP contribution in [-0.4, -0.2) is 23.1 Å². The lowest BCUT2D eigenvalue weighted by Crippen LogP contribution is -2.09. The molecule has 0 aliphatic heterocycles. The van der Waals surface area contributed by atoms with Crippen molar-refractivity contribution in [3.63, 3.8) is 0 Å². The Morgan fingerprint density at radius 2 is 2.33 bits per heavy atom. The molecule has 1 heterocycles. The van der Waals surface area contributed by atoms with Gasteiger partial charge in [-0.05, 0) is 12.3 Å². The normalized spacial score (nSPS) is 23.7. The van der Waals surface area contributed by atoms with Gasteiger partial charge < -0.3 is 10.6 Å². The summed E-state index contributed by atoms with van der Waals surface area (Å²) in [5.74, 6) is 1.59. The molecule has 2 unspecified atom stereocenters. The summed E-state index contributed by atoms with van der Waals surface area (Å²) in [6.07, 6.45) is 3.92. The van der Waals surface area contributed by atoms with E-state index in [4.69, 9.17) is 11.6 Å². The topological polar surface area (TPSA) is 49.8 Å². The third-order valence-electron chi connectivity index (χ3n) is 2.82. The average Bonchev–Trinajstić information content (AvgIpc) is 2.97. The highest BCUT2D eigenvalue weighted by atomic mass is 35.5. The molecule has 5 heteroatoms. The van der Waals surface area contributed by atoms with Crippen molar-refractivity contribution in [1.82, 2.24) is 9.97 Å². The molecule has 1 aromatic rings. The second-order valence-corrected chi connectivity index (χ2v) is 4.15. The van der Waals surface area contributed by atoms with E-state index < -0.39 is 0 Å². The van der Waals surface area contributed by atoms with E-state index in [-0.39, 0.29) is 0 Å². The number of hydrogen-bond donors (Lipinski definition) is 2. The van der Waals surface area contributed by atoms with Crippen molar-refractivity contribution in [1.29, 1.82) is 0 Å². The van der Waals surface area contributed by atoms with Gasteiger partial charge in [0.15, 0.2) is 11.0 Å². The monoisotopic (exact) mass is 226 g/mol. The Morgan fingerprint density at radius 3 is 2.93 bits per heavy atom. The maximum atomic E-state index is 5.95. The predicted octanol–water partition coefficient (Wildman–Crippen LogP) is 2.38. The molecule has 1 saturated carbocycles. The van der Waals surface area contributed by atoms with Gasteiger partial charge in [0, 0.05) is 13.1 Å². The summed E-state index contributed by atoms with van der Waals surface area (Å²) in [5, 5.41) is 6.85. The SMILES string of the molecule is CCC1CC1Nc1ncnc(Cl)c1NC. The molecule has 2 rings (SSSR count). The molecule has 15 heavy (non-hydrogen) atoms. The van der Waals surface area contributed by atoms with Gasteiger partial charge in [-0.2, -0.15) is 0 Å². The Morgan fingerprint density at radius 1 is 1.53 bits per heavy atom. The minimum absolute atomic E-state index is 0.462. The van der Waals surface area contributed by atoms with Crippen LogP contribution in [0.15, 0.2) is 6.33 Å². The molecule has 0 amide bonds. The molecule has 82 valence electrons. The largest absolute Gasteiger partial charge is 0.383 e. The van der Waals surface area contributed by atoms with E-state index in [2.05, 4.69) is 27.5 Å². The van der Waals surface area contributed by atoms with E-state index in [1.54, 1.807) is 0 Å². The van der Waals surface area contributed by atoms with E-state index in [1.807, 2.05) is 7.05 Å². The van der Waals surface area contributed by atoms with Crippen molar-refractivity contribution in [3.05, 3.63) is 11.5 Å². The molecule has 4 nitrogen and oxygen atoms in total. The van der Waals surface area contributed by atoms with Gasteiger partial charge in [-0.3, -0.25) is 0 Å². The summed E-state index contributed by atoms with van der Waals surface area (Å²) in [6.45, 7) is 2.21. The van der Waals surface area contributed by atoms with Crippen LogP contribution in [0.25, 0.3) is 0 Å². The lowest BCUT2D eigenvalue weighted by Gasteiger charge is -2.10. The summed E-state index contributed by atoms with van der Waals surface area (Å²) in [6, 6.07) is 0.549. The van der Waals surface area contributed by atoms with Crippen LogP contribution in [0.3, 0.4) is 0 Å². The molecule has 0 bridgehead atoms. The first-order valence-corrected chi connectivity index (χ1v) is 5.58. The molecule has 0 spiro atoms. The Labute approximate surface area is 94.5 Å². The highest BCUT2D eigenvalue weighted by Gasteiger charge is 2.35. The molecule has 2 atom stereocenters. The van der Waals surface area contributed by atoms with Crippen molar-refractivity contribution in [3.8, 4) is 0 Å². The Bertz CT molecular complexity index is 355. The lowest BCUT2D eigenvalue weighted by atomic mass is 10.3. The number of nitrogens with one attached hydrogen (secondary N) is 2. The van der Waals surface area contributed by atoms with Gasteiger partial charge in [0.05, 0.1) is 0 Å². The Balaban J connectivity index is 2.11. The highest BCUT2D eigenvalue weighted by molar-refractivity contribution is 6.32. The van der Waals surface area contributed by atoms with Crippen molar-refractivity contribution in [2.45, 2.75) is 25.8 Å². The number of rotatable bonds is 4. The van der Waals surface area contributed by atoms with Crippen LogP contribution in [0, 0.1) is 5.92 Å². The first kappa shape index (κ1) is 10.5. The first-order valence-electron chi connectivity index (χ1n) is 5.21. The van der Waals surface area contributed by atoms with Crippen LogP contribution in [0.4, 0.5) is 11.5 Å². The van der Waals surface area contributed by atoms with Crippen LogP contribution < -0.4 is 10.6 Å². The van der Waals surface area contributed by atoms with Crippen LogP contribution in [0.1, 0.15) is 19.8 Å². The molecular weight excluding hydrogens is 212 g/mol. The zero-order chi connectivity index (χ0) is 10.8. The highest BCUT2D eigenvalue weighted by Crippen LogP contribution is 2.37. The van der Waals surface area contributed by atoms with E-state index in [0.717, 1.165) is 17.4 Å². The zero-order valence-electron chi connectivity index (χ0n) is 8.92. The quantitative estimate of drug-likeness (QED) is 0.774.